The van der Waals surface area contributed by atoms with Gasteiger partial charge < -0.3 is 15.3 Å². The Morgan fingerprint density at radius 1 is 0.902 bits per heavy atom. The molecule has 41 heavy (non-hydrogen) atoms. The summed E-state index contributed by atoms with van der Waals surface area (Å²) in [5.41, 5.74) is -1.30. The van der Waals surface area contributed by atoms with Crippen LogP contribution in [0.25, 0.3) is 21.9 Å². The summed E-state index contributed by atoms with van der Waals surface area (Å²) in [7, 11) is 0. The molecule has 0 amide bonds. The van der Waals surface area contributed by atoms with Gasteiger partial charge in [-0.05, 0) is 90.9 Å². The number of carboxylic acid groups (broad SMARTS) is 1. The van der Waals surface area contributed by atoms with Gasteiger partial charge in [-0.1, -0.05) is 72.1 Å². The number of rotatable bonds is 4. The Bertz CT molecular complexity index is 1590. The second-order valence-corrected chi connectivity index (χ2v) is 11.0. The third-order valence-corrected chi connectivity index (χ3v) is 6.17. The molecule has 0 aromatic heterocycles. The van der Waals surface area contributed by atoms with Crippen molar-refractivity contribution in [1.29, 1.82) is 0 Å². The molecule has 0 radical (unpaired) electrons. The molecule has 0 aliphatic rings. The van der Waals surface area contributed by atoms with Crippen molar-refractivity contribution in [3.8, 4) is 23.0 Å². The van der Waals surface area contributed by atoms with Crippen LogP contribution in [0.2, 0.25) is 5.02 Å². The van der Waals surface area contributed by atoms with E-state index in [2.05, 4.69) is 5.92 Å². The first-order chi connectivity index (χ1) is 19.0. The summed E-state index contributed by atoms with van der Waals surface area (Å²) in [5.74, 6) is 3.50. The molecule has 0 spiro atoms. The zero-order chi connectivity index (χ0) is 30.6. The number of hydrogen-bond acceptors (Lipinski definition) is 3. The van der Waals surface area contributed by atoms with Gasteiger partial charge in [0.15, 0.2) is 0 Å². The lowest BCUT2D eigenvalue weighted by atomic mass is 9.88. The molecule has 4 aromatic carbocycles. The summed E-state index contributed by atoms with van der Waals surface area (Å²) in [6.45, 7) is 7.04. The first-order valence-corrected chi connectivity index (χ1v) is 13.0. The maximum Gasteiger partial charge on any atom is 0.433 e. The van der Waals surface area contributed by atoms with Crippen LogP contribution in [0, 0.1) is 18.8 Å². The van der Waals surface area contributed by atoms with Crippen molar-refractivity contribution in [2.24, 2.45) is 0 Å². The van der Waals surface area contributed by atoms with Gasteiger partial charge in [0, 0.05) is 16.1 Å². The molecule has 1 unspecified atom stereocenters. The van der Waals surface area contributed by atoms with Crippen LogP contribution >= 0.6 is 11.6 Å². The molecule has 0 saturated carbocycles. The number of aliphatic hydroxyl groups is 2. The summed E-state index contributed by atoms with van der Waals surface area (Å²) in [6, 6.07) is 20.3. The maximum atomic E-state index is 13.9. The Kier molecular flexibility index (Phi) is 9.55. The summed E-state index contributed by atoms with van der Waals surface area (Å²) in [6.07, 6.45) is -5.27. The lowest BCUT2D eigenvalue weighted by Crippen LogP contribution is -2.41. The van der Waals surface area contributed by atoms with E-state index in [0.717, 1.165) is 10.9 Å². The lowest BCUT2D eigenvalue weighted by Gasteiger charge is -2.25. The van der Waals surface area contributed by atoms with Gasteiger partial charge in [0.05, 0.1) is 12.0 Å². The van der Waals surface area contributed by atoms with Gasteiger partial charge in [-0.2, -0.15) is 13.2 Å². The highest BCUT2D eigenvalue weighted by atomic mass is 35.5. The Morgan fingerprint density at radius 3 is 2.02 bits per heavy atom. The number of halogens is 4. The first kappa shape index (κ1) is 31.7. The van der Waals surface area contributed by atoms with Gasteiger partial charge in [-0.15, -0.1) is 0 Å². The quantitative estimate of drug-likeness (QED) is 0.216. The van der Waals surface area contributed by atoms with E-state index in [1.807, 2.05) is 18.9 Å². The van der Waals surface area contributed by atoms with Crippen LogP contribution in [0.15, 0.2) is 78.9 Å². The van der Waals surface area contributed by atoms with Crippen LogP contribution < -0.4 is 0 Å². The molecule has 3 N–H and O–H groups in total. The van der Waals surface area contributed by atoms with Crippen LogP contribution in [-0.2, 0) is 16.8 Å². The second kappa shape index (κ2) is 12.4. The maximum absolute atomic E-state index is 13.9. The van der Waals surface area contributed by atoms with E-state index in [9.17, 15) is 28.2 Å². The van der Waals surface area contributed by atoms with Crippen molar-refractivity contribution in [3.05, 3.63) is 106 Å². The van der Waals surface area contributed by atoms with Crippen LogP contribution in [0.3, 0.4) is 0 Å². The molecule has 0 fully saturated rings. The minimum atomic E-state index is -5.03. The van der Waals surface area contributed by atoms with Crippen LogP contribution in [0.1, 0.15) is 43.0 Å². The van der Waals surface area contributed by atoms with E-state index in [4.69, 9.17) is 16.7 Å². The molecule has 4 nitrogen and oxygen atoms in total. The van der Waals surface area contributed by atoms with Crippen LogP contribution in [0.5, 0.6) is 0 Å². The normalized spacial score (nSPS) is 12.9. The molecule has 8 heteroatoms. The minimum Gasteiger partial charge on any atom is -0.481 e. The van der Waals surface area contributed by atoms with Crippen molar-refractivity contribution in [2.75, 3.05) is 0 Å². The number of carbonyl (C=O) groups is 1. The van der Waals surface area contributed by atoms with Crippen LogP contribution in [-0.4, -0.2) is 33.1 Å². The largest absolute Gasteiger partial charge is 0.481 e. The summed E-state index contributed by atoms with van der Waals surface area (Å²) >= 11 is 6.04. The Balaban J connectivity index is 0.000000850. The van der Waals surface area contributed by atoms with Gasteiger partial charge in [0.25, 0.3) is 0 Å². The van der Waals surface area contributed by atoms with Gasteiger partial charge in [0.1, 0.15) is 0 Å². The van der Waals surface area contributed by atoms with Crippen molar-refractivity contribution < 1.29 is 33.3 Å². The van der Waals surface area contributed by atoms with Gasteiger partial charge in [-0.3, -0.25) is 4.79 Å². The standard InChI is InChI=1S/C29H20ClF3O3.C4H10O/c1-18-15-21-8-7-19(13-14-28(36,29(31,32)33)22-5-3-2-4-6-22)16-25(21)27(24(18)17-26(34)35)20-9-11-23(30)12-10-20;1-4(2,3)5/h2-12,15-16,36H,17H2,1H3,(H,34,35);5H,1-3H3. The number of fused-ring (bicyclic) bond motifs is 1. The molecular formula is C33H30ClF3O4. The Hall–Kier alpha value is -3.83. The molecular weight excluding hydrogens is 553 g/mol. The molecule has 0 bridgehead atoms. The summed E-state index contributed by atoms with van der Waals surface area (Å²) in [5, 5.41) is 30.5. The highest BCUT2D eigenvalue weighted by molar-refractivity contribution is 6.30. The zero-order valence-corrected chi connectivity index (χ0v) is 23.7. The molecule has 4 rings (SSSR count). The molecule has 0 aliphatic carbocycles. The fourth-order valence-corrected chi connectivity index (χ4v) is 4.26. The highest BCUT2D eigenvalue weighted by Gasteiger charge is 2.54. The van der Waals surface area contributed by atoms with Crippen molar-refractivity contribution in [3.63, 3.8) is 0 Å². The third kappa shape index (κ3) is 8.11. The fourth-order valence-electron chi connectivity index (χ4n) is 4.13. The van der Waals surface area contributed by atoms with Gasteiger partial charge in [0.2, 0.25) is 5.60 Å². The lowest BCUT2D eigenvalue weighted by molar-refractivity contribution is -0.240. The topological polar surface area (TPSA) is 77.8 Å². The van der Waals surface area contributed by atoms with E-state index in [1.54, 1.807) is 69.3 Å². The van der Waals surface area contributed by atoms with E-state index in [0.29, 0.717) is 27.1 Å². The van der Waals surface area contributed by atoms with Gasteiger partial charge in [-0.25, -0.2) is 0 Å². The molecule has 0 saturated heterocycles. The zero-order valence-electron chi connectivity index (χ0n) is 23.0. The average Bonchev–Trinajstić information content (AvgIpc) is 2.87. The first-order valence-electron chi connectivity index (χ1n) is 12.6. The van der Waals surface area contributed by atoms with Crippen molar-refractivity contribution in [1.82, 2.24) is 0 Å². The monoisotopic (exact) mass is 582 g/mol. The van der Waals surface area contributed by atoms with Crippen molar-refractivity contribution >= 4 is 28.3 Å². The molecule has 214 valence electrons. The SMILES string of the molecule is CC(C)(C)O.Cc1cc2ccc(C#CC(O)(c3ccccc3)C(F)(F)F)cc2c(-c2ccc(Cl)cc2)c1CC(=O)O. The Morgan fingerprint density at radius 2 is 1.49 bits per heavy atom. The minimum absolute atomic E-state index is 0.237. The Labute approximate surface area is 242 Å². The molecule has 0 heterocycles. The number of hydrogen-bond donors (Lipinski definition) is 3. The predicted molar refractivity (Wildman–Crippen MR) is 156 cm³/mol. The third-order valence-electron chi connectivity index (χ3n) is 5.92. The van der Waals surface area contributed by atoms with E-state index in [-0.39, 0.29) is 17.5 Å². The second-order valence-electron chi connectivity index (χ2n) is 10.6. The number of benzene rings is 4. The molecule has 4 aromatic rings. The number of aliphatic carboxylic acids is 1. The number of aryl methyl sites for hydroxylation is 1. The molecule has 1 atom stereocenters. The highest BCUT2D eigenvalue weighted by Crippen LogP contribution is 2.39. The number of carboxylic acids is 1. The van der Waals surface area contributed by atoms with E-state index >= 15 is 0 Å². The molecule has 0 aliphatic heterocycles. The summed E-state index contributed by atoms with van der Waals surface area (Å²) in [4.78, 5) is 11.6. The van der Waals surface area contributed by atoms with Gasteiger partial charge >= 0.3 is 12.1 Å². The average molecular weight is 583 g/mol. The smallest absolute Gasteiger partial charge is 0.433 e. The fraction of sp³-hybridized carbons (Fsp3) is 0.242. The number of alkyl halides is 3. The van der Waals surface area contributed by atoms with E-state index in [1.165, 1.54) is 24.3 Å². The van der Waals surface area contributed by atoms with E-state index < -0.39 is 23.3 Å². The summed E-state index contributed by atoms with van der Waals surface area (Å²) < 4.78 is 41.6. The van der Waals surface area contributed by atoms with Crippen LogP contribution in [0.4, 0.5) is 13.2 Å². The van der Waals surface area contributed by atoms with Crippen molar-refractivity contribution in [2.45, 2.75) is 51.5 Å². The predicted octanol–water partition coefficient (Wildman–Crippen LogP) is 7.67.